The van der Waals surface area contributed by atoms with Crippen LogP contribution in [0.5, 0.6) is 0 Å². The molecule has 3 aromatic heterocycles. The highest BCUT2D eigenvalue weighted by molar-refractivity contribution is 7.13. The number of amides is 2. The van der Waals surface area contributed by atoms with Gasteiger partial charge in [0, 0.05) is 37.1 Å². The van der Waals surface area contributed by atoms with Gasteiger partial charge in [0.05, 0.1) is 0 Å². The van der Waals surface area contributed by atoms with Crippen molar-refractivity contribution in [1.82, 2.24) is 30.1 Å². The Labute approximate surface area is 135 Å². The van der Waals surface area contributed by atoms with Crippen LogP contribution in [0.4, 0.5) is 15.7 Å². The summed E-state index contributed by atoms with van der Waals surface area (Å²) in [5.41, 5.74) is 0.728. The number of nitrogens with zero attached hydrogens (tertiary/aromatic N) is 6. The van der Waals surface area contributed by atoms with Gasteiger partial charge in [-0.05, 0) is 12.1 Å². The molecule has 118 valence electrons. The highest BCUT2D eigenvalue weighted by Crippen LogP contribution is 2.22. The Morgan fingerprint density at radius 3 is 3.13 bits per heavy atom. The molecule has 3 aromatic rings. The molecule has 2 amide bonds. The maximum Gasteiger partial charge on any atom is 0.321 e. The van der Waals surface area contributed by atoms with Crippen molar-refractivity contribution < 1.29 is 4.79 Å². The maximum absolute atomic E-state index is 11.7. The van der Waals surface area contributed by atoms with Gasteiger partial charge in [-0.25, -0.2) is 9.78 Å². The van der Waals surface area contributed by atoms with E-state index >= 15 is 0 Å². The molecular weight excluding hydrogens is 316 g/mol. The first-order valence-corrected chi connectivity index (χ1v) is 8.02. The van der Waals surface area contributed by atoms with Gasteiger partial charge in [0.25, 0.3) is 0 Å². The predicted octanol–water partition coefficient (Wildman–Crippen LogP) is 0.839. The van der Waals surface area contributed by atoms with Crippen molar-refractivity contribution in [2.45, 2.75) is 0 Å². The molecule has 0 saturated carbocycles. The van der Waals surface area contributed by atoms with Crippen LogP contribution in [0.25, 0.3) is 5.65 Å². The van der Waals surface area contributed by atoms with Crippen molar-refractivity contribution in [2.75, 3.05) is 29.9 Å². The standard InChI is InChI=1S/C13H14N8OS/c22-12(17-13-14-3-4-23-13)15-5-9-6-20(7-9)11-2-1-10-18-16-8-21(10)19-11/h1-4,8-9H,5-7H2,(H2,14,15,17,22). The summed E-state index contributed by atoms with van der Waals surface area (Å²) in [6.45, 7) is 2.35. The third-order valence-corrected chi connectivity index (χ3v) is 4.32. The molecule has 0 spiro atoms. The van der Waals surface area contributed by atoms with Crippen molar-refractivity contribution in [3.05, 3.63) is 30.0 Å². The Balaban J connectivity index is 1.25. The minimum atomic E-state index is -0.220. The highest BCUT2D eigenvalue weighted by atomic mass is 32.1. The molecule has 9 nitrogen and oxygen atoms in total. The summed E-state index contributed by atoms with van der Waals surface area (Å²) in [4.78, 5) is 17.9. The minimum Gasteiger partial charge on any atom is -0.354 e. The van der Waals surface area contributed by atoms with E-state index in [1.54, 1.807) is 17.0 Å². The average Bonchev–Trinajstić information content (AvgIpc) is 3.16. The number of hydrogen-bond acceptors (Lipinski definition) is 7. The van der Waals surface area contributed by atoms with Gasteiger partial charge in [-0.1, -0.05) is 0 Å². The molecular formula is C13H14N8OS. The predicted molar refractivity (Wildman–Crippen MR) is 85.6 cm³/mol. The lowest BCUT2D eigenvalue weighted by molar-refractivity contribution is 0.248. The average molecular weight is 330 g/mol. The van der Waals surface area contributed by atoms with E-state index in [-0.39, 0.29) is 6.03 Å². The highest BCUT2D eigenvalue weighted by Gasteiger charge is 2.28. The number of aromatic nitrogens is 5. The van der Waals surface area contributed by atoms with E-state index in [9.17, 15) is 4.79 Å². The van der Waals surface area contributed by atoms with Crippen LogP contribution in [0.2, 0.25) is 0 Å². The summed E-state index contributed by atoms with van der Waals surface area (Å²) in [5, 5.41) is 20.2. The summed E-state index contributed by atoms with van der Waals surface area (Å²) in [6, 6.07) is 3.60. The lowest BCUT2D eigenvalue weighted by Crippen LogP contribution is -2.52. The first kappa shape index (κ1) is 13.9. The van der Waals surface area contributed by atoms with E-state index in [1.165, 1.54) is 11.3 Å². The van der Waals surface area contributed by atoms with Crippen LogP contribution in [-0.2, 0) is 0 Å². The fourth-order valence-electron chi connectivity index (χ4n) is 2.44. The number of nitrogens with one attached hydrogen (secondary N) is 2. The van der Waals surface area contributed by atoms with E-state index in [1.807, 2.05) is 17.5 Å². The van der Waals surface area contributed by atoms with Crippen molar-refractivity contribution in [1.29, 1.82) is 0 Å². The van der Waals surface area contributed by atoms with Crippen LogP contribution >= 0.6 is 11.3 Å². The fourth-order valence-corrected chi connectivity index (χ4v) is 2.96. The number of hydrogen-bond donors (Lipinski definition) is 2. The number of thiazole rings is 1. The zero-order valence-electron chi connectivity index (χ0n) is 12.1. The summed E-state index contributed by atoms with van der Waals surface area (Å²) in [5.74, 6) is 1.30. The number of carbonyl (C=O) groups excluding carboxylic acids is 1. The Kier molecular flexibility index (Phi) is 3.50. The Bertz CT molecular complexity index is 810. The van der Waals surface area contributed by atoms with Crippen LogP contribution in [0, 0.1) is 5.92 Å². The van der Waals surface area contributed by atoms with Gasteiger partial charge in [-0.3, -0.25) is 5.32 Å². The SMILES string of the molecule is O=C(NCC1CN(c2ccc3nncn3n2)C1)Nc1nccs1. The maximum atomic E-state index is 11.7. The van der Waals surface area contributed by atoms with Crippen LogP contribution in [0.3, 0.4) is 0 Å². The second-order valence-corrected chi connectivity index (χ2v) is 6.16. The zero-order valence-corrected chi connectivity index (χ0v) is 12.9. The third kappa shape index (κ3) is 2.93. The molecule has 0 atom stereocenters. The van der Waals surface area contributed by atoms with E-state index in [2.05, 4.69) is 35.8 Å². The monoisotopic (exact) mass is 330 g/mol. The molecule has 4 rings (SSSR count). The number of carbonyl (C=O) groups is 1. The molecule has 1 aliphatic rings. The molecule has 10 heteroatoms. The second kappa shape index (κ2) is 5.80. The molecule has 4 heterocycles. The first-order valence-electron chi connectivity index (χ1n) is 7.14. The van der Waals surface area contributed by atoms with Crippen molar-refractivity contribution in [2.24, 2.45) is 5.92 Å². The molecule has 23 heavy (non-hydrogen) atoms. The quantitative estimate of drug-likeness (QED) is 0.735. The summed E-state index contributed by atoms with van der Waals surface area (Å²) in [6.07, 6.45) is 3.24. The smallest absolute Gasteiger partial charge is 0.321 e. The van der Waals surface area contributed by atoms with Crippen LogP contribution in [0.1, 0.15) is 0 Å². The van der Waals surface area contributed by atoms with Gasteiger partial charge in [-0.2, -0.15) is 4.52 Å². The lowest BCUT2D eigenvalue weighted by Gasteiger charge is -2.40. The zero-order chi connectivity index (χ0) is 15.6. The minimum absolute atomic E-state index is 0.220. The van der Waals surface area contributed by atoms with E-state index in [0.717, 1.165) is 24.6 Å². The molecule has 2 N–H and O–H groups in total. The van der Waals surface area contributed by atoms with Gasteiger partial charge < -0.3 is 10.2 Å². The Morgan fingerprint density at radius 1 is 1.39 bits per heavy atom. The van der Waals surface area contributed by atoms with E-state index in [4.69, 9.17) is 0 Å². The molecule has 0 radical (unpaired) electrons. The summed E-state index contributed by atoms with van der Waals surface area (Å²) in [7, 11) is 0. The molecule has 0 bridgehead atoms. The summed E-state index contributed by atoms with van der Waals surface area (Å²) >= 11 is 1.39. The number of rotatable bonds is 4. The van der Waals surface area contributed by atoms with Gasteiger partial charge in [0.2, 0.25) is 0 Å². The van der Waals surface area contributed by atoms with Gasteiger partial charge in [0.1, 0.15) is 12.1 Å². The molecule has 0 aliphatic carbocycles. The Hall–Kier alpha value is -2.75. The fraction of sp³-hybridized carbons (Fsp3) is 0.308. The van der Waals surface area contributed by atoms with Crippen molar-refractivity contribution in [3.63, 3.8) is 0 Å². The van der Waals surface area contributed by atoms with Gasteiger partial charge in [-0.15, -0.1) is 26.6 Å². The molecule has 0 aromatic carbocycles. The first-order chi connectivity index (χ1) is 11.3. The van der Waals surface area contributed by atoms with Crippen LogP contribution in [0.15, 0.2) is 30.0 Å². The van der Waals surface area contributed by atoms with Crippen LogP contribution in [-0.4, -0.2) is 50.5 Å². The summed E-state index contributed by atoms with van der Waals surface area (Å²) < 4.78 is 1.66. The van der Waals surface area contributed by atoms with E-state index < -0.39 is 0 Å². The molecule has 1 saturated heterocycles. The second-order valence-electron chi connectivity index (χ2n) is 5.27. The largest absolute Gasteiger partial charge is 0.354 e. The van der Waals surface area contributed by atoms with Crippen LogP contribution < -0.4 is 15.5 Å². The molecule has 1 aliphatic heterocycles. The number of urea groups is 1. The molecule has 1 fully saturated rings. The van der Waals surface area contributed by atoms with Crippen molar-refractivity contribution >= 4 is 34.0 Å². The van der Waals surface area contributed by atoms with Crippen molar-refractivity contribution in [3.8, 4) is 0 Å². The van der Waals surface area contributed by atoms with E-state index in [0.29, 0.717) is 17.6 Å². The third-order valence-electron chi connectivity index (χ3n) is 3.63. The number of anilines is 2. The van der Waals surface area contributed by atoms with Gasteiger partial charge >= 0.3 is 6.03 Å². The molecule has 0 unspecified atom stereocenters. The van der Waals surface area contributed by atoms with Gasteiger partial charge in [0.15, 0.2) is 10.8 Å². The Morgan fingerprint density at radius 2 is 2.30 bits per heavy atom. The lowest BCUT2D eigenvalue weighted by atomic mass is 10.0. The normalized spacial score (nSPS) is 14.7. The topological polar surface area (TPSA) is 100 Å². The number of fused-ring (bicyclic) bond motifs is 1.